The molecule has 0 aliphatic heterocycles. The summed E-state index contributed by atoms with van der Waals surface area (Å²) in [5.41, 5.74) is 2.23. The second kappa shape index (κ2) is 5.10. The lowest BCUT2D eigenvalue weighted by Crippen LogP contribution is -2.13. The molecule has 1 fully saturated rings. The van der Waals surface area contributed by atoms with Crippen LogP contribution in [0, 0.1) is 0 Å². The molecule has 108 valence electrons. The molecule has 4 rings (SSSR count). The highest BCUT2D eigenvalue weighted by atomic mass is 16.1. The maximum Gasteiger partial charge on any atom is 0.163 e. The van der Waals surface area contributed by atoms with Gasteiger partial charge < -0.3 is 0 Å². The summed E-state index contributed by atoms with van der Waals surface area (Å²) in [5.74, 6) is 0.257. The molecule has 1 aliphatic rings. The van der Waals surface area contributed by atoms with Crippen molar-refractivity contribution in [2.75, 3.05) is 0 Å². The van der Waals surface area contributed by atoms with Gasteiger partial charge in [0.1, 0.15) is 0 Å². The van der Waals surface area contributed by atoms with E-state index in [0.29, 0.717) is 6.42 Å². The highest BCUT2D eigenvalue weighted by Crippen LogP contribution is 2.51. The molecule has 0 N–H and O–H groups in total. The van der Waals surface area contributed by atoms with Crippen molar-refractivity contribution in [3.05, 3.63) is 83.9 Å². The lowest BCUT2D eigenvalue weighted by Gasteiger charge is -2.15. The van der Waals surface area contributed by atoms with Gasteiger partial charge in [-0.2, -0.15) is 0 Å². The van der Waals surface area contributed by atoms with Gasteiger partial charge in [0.05, 0.1) is 0 Å². The van der Waals surface area contributed by atoms with E-state index in [1.807, 2.05) is 36.4 Å². The Morgan fingerprint density at radius 2 is 1.50 bits per heavy atom. The Kier molecular flexibility index (Phi) is 3.07. The fraction of sp³-hybridized carbons (Fsp3) is 0.190. The number of carbonyl (C=O) groups is 1. The average Bonchev–Trinajstić information content (AvgIpc) is 3.36. The molecular formula is C21H18O. The number of benzene rings is 3. The summed E-state index contributed by atoms with van der Waals surface area (Å²) in [4.78, 5) is 12.7. The monoisotopic (exact) mass is 286 g/mol. The van der Waals surface area contributed by atoms with Gasteiger partial charge in [-0.1, -0.05) is 66.7 Å². The summed E-state index contributed by atoms with van der Waals surface area (Å²) in [6.07, 6.45) is 2.86. The van der Waals surface area contributed by atoms with Crippen LogP contribution in [-0.4, -0.2) is 5.78 Å². The summed E-state index contributed by atoms with van der Waals surface area (Å²) < 4.78 is 0. The largest absolute Gasteiger partial charge is 0.294 e. The van der Waals surface area contributed by atoms with Crippen LogP contribution < -0.4 is 0 Å². The maximum absolute atomic E-state index is 12.7. The van der Waals surface area contributed by atoms with Gasteiger partial charge in [0.2, 0.25) is 0 Å². The number of fused-ring (bicyclic) bond motifs is 1. The summed E-state index contributed by atoms with van der Waals surface area (Å²) in [7, 11) is 0. The van der Waals surface area contributed by atoms with Crippen LogP contribution in [0.15, 0.2) is 72.8 Å². The molecule has 0 amide bonds. The van der Waals surface area contributed by atoms with Crippen LogP contribution in [0.1, 0.15) is 35.2 Å². The van der Waals surface area contributed by atoms with Gasteiger partial charge in [0, 0.05) is 17.4 Å². The average molecular weight is 286 g/mol. The third-order valence-corrected chi connectivity index (χ3v) is 4.81. The number of hydrogen-bond acceptors (Lipinski definition) is 1. The minimum Gasteiger partial charge on any atom is -0.294 e. The van der Waals surface area contributed by atoms with Crippen LogP contribution in [0.2, 0.25) is 0 Å². The zero-order valence-corrected chi connectivity index (χ0v) is 12.5. The zero-order valence-electron chi connectivity index (χ0n) is 12.5. The topological polar surface area (TPSA) is 17.1 Å². The van der Waals surface area contributed by atoms with Gasteiger partial charge in [-0.25, -0.2) is 0 Å². The predicted octanol–water partition coefficient (Wildman–Crippen LogP) is 5.14. The van der Waals surface area contributed by atoms with Crippen LogP contribution in [0.5, 0.6) is 0 Å². The van der Waals surface area contributed by atoms with Gasteiger partial charge >= 0.3 is 0 Å². The van der Waals surface area contributed by atoms with Crippen molar-refractivity contribution >= 4 is 16.6 Å². The van der Waals surface area contributed by atoms with E-state index in [-0.39, 0.29) is 11.2 Å². The van der Waals surface area contributed by atoms with Crippen LogP contribution >= 0.6 is 0 Å². The Labute approximate surface area is 130 Å². The molecule has 1 nitrogen and oxygen atoms in total. The van der Waals surface area contributed by atoms with Crippen LogP contribution in [0.3, 0.4) is 0 Å². The van der Waals surface area contributed by atoms with E-state index in [4.69, 9.17) is 0 Å². The van der Waals surface area contributed by atoms with Gasteiger partial charge in [-0.15, -0.1) is 0 Å². The summed E-state index contributed by atoms with van der Waals surface area (Å²) in [6.45, 7) is 0. The molecule has 0 radical (unpaired) electrons. The number of ketones is 1. The van der Waals surface area contributed by atoms with Gasteiger partial charge in [-0.3, -0.25) is 4.79 Å². The van der Waals surface area contributed by atoms with E-state index in [1.165, 1.54) is 10.9 Å². The molecule has 0 bridgehead atoms. The van der Waals surface area contributed by atoms with E-state index in [1.54, 1.807) is 0 Å². The Hall–Kier alpha value is -2.41. The molecule has 22 heavy (non-hydrogen) atoms. The first-order valence-corrected chi connectivity index (χ1v) is 7.84. The van der Waals surface area contributed by atoms with Gasteiger partial charge in [0.25, 0.3) is 0 Å². The molecule has 1 saturated carbocycles. The molecule has 0 aromatic heterocycles. The second-order valence-corrected chi connectivity index (χ2v) is 6.31. The standard InChI is InChI=1S/C21H18O/c22-20(15-21(12-13-21)19-8-2-1-3-9-19)18-11-10-16-6-4-5-7-17(16)14-18/h1-11,14H,12-13,15H2. The third kappa shape index (κ3) is 2.33. The molecule has 0 spiro atoms. The summed E-state index contributed by atoms with van der Waals surface area (Å²) >= 11 is 0. The lowest BCUT2D eigenvalue weighted by atomic mass is 9.88. The SMILES string of the molecule is O=C(CC1(c2ccccc2)CC1)c1ccc2ccccc2c1. The van der Waals surface area contributed by atoms with Crippen LogP contribution in [0.4, 0.5) is 0 Å². The quantitative estimate of drug-likeness (QED) is 0.607. The summed E-state index contributed by atoms with van der Waals surface area (Å²) in [5, 5.41) is 2.32. The first-order valence-electron chi connectivity index (χ1n) is 7.84. The molecule has 3 aromatic carbocycles. The number of Topliss-reactive ketones (excluding diaryl/α,β-unsaturated/α-hetero) is 1. The van der Waals surface area contributed by atoms with Crippen molar-refractivity contribution in [2.24, 2.45) is 0 Å². The highest BCUT2D eigenvalue weighted by molar-refractivity contribution is 6.00. The number of hydrogen-bond donors (Lipinski definition) is 0. The van der Waals surface area contributed by atoms with Crippen LogP contribution in [0.25, 0.3) is 10.8 Å². The second-order valence-electron chi connectivity index (χ2n) is 6.31. The fourth-order valence-electron chi connectivity index (χ4n) is 3.28. The number of carbonyl (C=O) groups excluding carboxylic acids is 1. The van der Waals surface area contributed by atoms with Crippen molar-refractivity contribution in [3.8, 4) is 0 Å². The van der Waals surface area contributed by atoms with E-state index in [9.17, 15) is 4.79 Å². The van der Waals surface area contributed by atoms with Crippen molar-refractivity contribution in [1.29, 1.82) is 0 Å². The third-order valence-electron chi connectivity index (χ3n) is 4.81. The molecule has 0 saturated heterocycles. The van der Waals surface area contributed by atoms with Crippen molar-refractivity contribution < 1.29 is 4.79 Å². The fourth-order valence-corrected chi connectivity index (χ4v) is 3.28. The Morgan fingerprint density at radius 1 is 0.818 bits per heavy atom. The Balaban J connectivity index is 1.61. The van der Waals surface area contributed by atoms with Crippen molar-refractivity contribution in [1.82, 2.24) is 0 Å². The van der Waals surface area contributed by atoms with E-state index in [2.05, 4.69) is 36.4 Å². The molecular weight excluding hydrogens is 268 g/mol. The highest BCUT2D eigenvalue weighted by Gasteiger charge is 2.45. The zero-order chi connectivity index (χ0) is 15.0. The predicted molar refractivity (Wildman–Crippen MR) is 90.2 cm³/mol. The first-order chi connectivity index (χ1) is 10.8. The maximum atomic E-state index is 12.7. The molecule has 1 aliphatic carbocycles. The lowest BCUT2D eigenvalue weighted by molar-refractivity contribution is 0.0970. The molecule has 3 aromatic rings. The normalized spacial score (nSPS) is 15.6. The van der Waals surface area contributed by atoms with Gasteiger partial charge in [0.15, 0.2) is 5.78 Å². The molecule has 0 heterocycles. The minimum atomic E-state index is 0.0873. The van der Waals surface area contributed by atoms with Crippen molar-refractivity contribution in [2.45, 2.75) is 24.7 Å². The minimum absolute atomic E-state index is 0.0873. The molecule has 0 unspecified atom stereocenters. The number of rotatable bonds is 4. The summed E-state index contributed by atoms with van der Waals surface area (Å²) in [6, 6.07) is 24.7. The van der Waals surface area contributed by atoms with E-state index < -0.39 is 0 Å². The van der Waals surface area contributed by atoms with Gasteiger partial charge in [-0.05, 0) is 35.2 Å². The smallest absolute Gasteiger partial charge is 0.163 e. The first kappa shape index (κ1) is 13.3. The Morgan fingerprint density at radius 3 is 2.23 bits per heavy atom. The van der Waals surface area contributed by atoms with E-state index >= 15 is 0 Å². The van der Waals surface area contributed by atoms with Crippen molar-refractivity contribution in [3.63, 3.8) is 0 Å². The Bertz CT molecular complexity index is 829. The van der Waals surface area contributed by atoms with E-state index in [0.717, 1.165) is 23.8 Å². The molecule has 0 atom stereocenters. The molecule has 1 heteroatoms. The van der Waals surface area contributed by atoms with Crippen LogP contribution in [-0.2, 0) is 5.41 Å².